The highest BCUT2D eigenvalue weighted by Gasteiger charge is 2.25. The molecule has 3 aromatic rings. The van der Waals surface area contributed by atoms with Gasteiger partial charge in [0.05, 0.1) is 30.5 Å². The molecule has 0 atom stereocenters. The lowest BCUT2D eigenvalue weighted by Crippen LogP contribution is -2.33. The average Bonchev–Trinajstić information content (AvgIpc) is 2.71. The van der Waals surface area contributed by atoms with Crippen molar-refractivity contribution in [3.63, 3.8) is 0 Å². The quantitative estimate of drug-likeness (QED) is 0.511. The van der Waals surface area contributed by atoms with Gasteiger partial charge in [-0.1, -0.05) is 12.1 Å². The predicted octanol–water partition coefficient (Wildman–Crippen LogP) is 3.55. The lowest BCUT2D eigenvalue weighted by atomic mass is 10.0. The second kappa shape index (κ2) is 6.46. The predicted molar refractivity (Wildman–Crippen MR) is 101 cm³/mol. The minimum absolute atomic E-state index is 0.279. The van der Waals surface area contributed by atoms with Crippen LogP contribution in [0.25, 0.3) is 11.0 Å². The number of hydrogen-bond acceptors (Lipinski definition) is 6. The fourth-order valence-electron chi connectivity index (χ4n) is 3.40. The van der Waals surface area contributed by atoms with Gasteiger partial charge in [0.2, 0.25) is 0 Å². The number of aryl methyl sites for hydroxylation is 1. The minimum Gasteiger partial charge on any atom is -0.473 e. The first-order chi connectivity index (χ1) is 13.0. The Labute approximate surface area is 155 Å². The van der Waals surface area contributed by atoms with Crippen LogP contribution < -0.4 is 15.3 Å². The van der Waals surface area contributed by atoms with Crippen LogP contribution in [0.1, 0.15) is 27.0 Å². The van der Waals surface area contributed by atoms with E-state index in [4.69, 9.17) is 13.9 Å². The van der Waals surface area contributed by atoms with Gasteiger partial charge in [0.25, 0.3) is 0 Å². The number of para-hydroxylation sites is 1. The summed E-state index contributed by atoms with van der Waals surface area (Å²) in [7, 11) is 1.36. The molecule has 1 aliphatic rings. The molecule has 0 N–H and O–H groups in total. The van der Waals surface area contributed by atoms with Gasteiger partial charge in [0.15, 0.2) is 6.73 Å². The van der Waals surface area contributed by atoms with E-state index in [-0.39, 0.29) is 12.4 Å². The van der Waals surface area contributed by atoms with Crippen molar-refractivity contribution in [2.24, 2.45) is 0 Å². The van der Waals surface area contributed by atoms with E-state index in [0.717, 1.165) is 16.5 Å². The number of rotatable bonds is 2. The molecule has 2 aromatic carbocycles. The molecule has 4 rings (SSSR count). The summed E-state index contributed by atoms with van der Waals surface area (Å²) in [5, 5.41) is 0.887. The molecule has 0 aliphatic carbocycles. The van der Waals surface area contributed by atoms with Crippen molar-refractivity contribution in [2.75, 3.05) is 18.7 Å². The van der Waals surface area contributed by atoms with Crippen LogP contribution in [-0.2, 0) is 11.3 Å². The van der Waals surface area contributed by atoms with Crippen molar-refractivity contribution in [2.45, 2.75) is 20.4 Å². The second-order valence-corrected chi connectivity index (χ2v) is 6.54. The van der Waals surface area contributed by atoms with Crippen LogP contribution in [0.15, 0.2) is 45.6 Å². The third-order valence-corrected chi connectivity index (χ3v) is 5.06. The largest absolute Gasteiger partial charge is 0.473 e. The summed E-state index contributed by atoms with van der Waals surface area (Å²) < 4.78 is 16.4. The maximum Gasteiger partial charge on any atom is 0.339 e. The van der Waals surface area contributed by atoms with Crippen LogP contribution in [0.5, 0.6) is 5.75 Å². The Morgan fingerprint density at radius 1 is 1.11 bits per heavy atom. The zero-order valence-corrected chi connectivity index (χ0v) is 15.4. The van der Waals surface area contributed by atoms with Crippen LogP contribution in [0, 0.1) is 13.8 Å². The number of hydrogen-bond donors (Lipinski definition) is 0. The van der Waals surface area contributed by atoms with Gasteiger partial charge < -0.3 is 18.8 Å². The number of fused-ring (bicyclic) bond motifs is 3. The number of carbonyl (C=O) groups excluding carboxylic acids is 1. The molecule has 0 spiro atoms. The van der Waals surface area contributed by atoms with Gasteiger partial charge in [0.1, 0.15) is 11.3 Å². The number of anilines is 1. The Kier molecular flexibility index (Phi) is 4.11. The van der Waals surface area contributed by atoms with Gasteiger partial charge in [-0.2, -0.15) is 0 Å². The summed E-state index contributed by atoms with van der Waals surface area (Å²) in [5.74, 6) is 0.271. The molecule has 6 nitrogen and oxygen atoms in total. The number of methoxy groups -OCH3 is 1. The molecule has 0 bridgehead atoms. The first-order valence-electron chi connectivity index (χ1n) is 8.62. The van der Waals surface area contributed by atoms with Crippen molar-refractivity contribution in [1.82, 2.24) is 0 Å². The molecule has 138 valence electrons. The Morgan fingerprint density at radius 2 is 1.89 bits per heavy atom. The highest BCUT2D eigenvalue weighted by molar-refractivity contribution is 5.96. The summed E-state index contributed by atoms with van der Waals surface area (Å²) in [6.45, 7) is 4.40. The SMILES string of the molecule is COC(=O)c1ccccc1N1COc2ccc3c(C)c(C)c(=O)oc3c2C1. The van der Waals surface area contributed by atoms with Crippen LogP contribution >= 0.6 is 0 Å². The van der Waals surface area contributed by atoms with Gasteiger partial charge >= 0.3 is 11.6 Å². The highest BCUT2D eigenvalue weighted by Crippen LogP contribution is 2.36. The van der Waals surface area contributed by atoms with E-state index in [0.29, 0.717) is 34.7 Å². The van der Waals surface area contributed by atoms with E-state index in [2.05, 4.69) is 0 Å². The van der Waals surface area contributed by atoms with Crippen molar-refractivity contribution < 1.29 is 18.7 Å². The fraction of sp³-hybridized carbons (Fsp3) is 0.238. The monoisotopic (exact) mass is 365 g/mol. The Balaban J connectivity index is 1.84. The van der Waals surface area contributed by atoms with Gasteiger partial charge in [-0.05, 0) is 43.7 Å². The van der Waals surface area contributed by atoms with Crippen molar-refractivity contribution in [1.29, 1.82) is 0 Å². The van der Waals surface area contributed by atoms with E-state index < -0.39 is 5.97 Å². The molecule has 0 fully saturated rings. The molecule has 1 aromatic heterocycles. The van der Waals surface area contributed by atoms with Gasteiger partial charge in [-0.3, -0.25) is 0 Å². The lowest BCUT2D eigenvalue weighted by molar-refractivity contribution is 0.0601. The zero-order chi connectivity index (χ0) is 19.1. The topological polar surface area (TPSA) is 69.0 Å². The molecule has 6 heteroatoms. The Hall–Kier alpha value is -3.28. The average molecular weight is 365 g/mol. The van der Waals surface area contributed by atoms with E-state index in [1.54, 1.807) is 19.1 Å². The molecular formula is C21H19NO5. The fourth-order valence-corrected chi connectivity index (χ4v) is 3.40. The maximum absolute atomic E-state index is 12.2. The molecule has 0 unspecified atom stereocenters. The molecule has 0 saturated heterocycles. The van der Waals surface area contributed by atoms with Crippen LogP contribution in [0.4, 0.5) is 5.69 Å². The molecule has 27 heavy (non-hydrogen) atoms. The number of esters is 1. The zero-order valence-electron chi connectivity index (χ0n) is 15.4. The van der Waals surface area contributed by atoms with Gasteiger partial charge in [-0.15, -0.1) is 0 Å². The summed E-state index contributed by atoms with van der Waals surface area (Å²) >= 11 is 0. The maximum atomic E-state index is 12.2. The smallest absolute Gasteiger partial charge is 0.339 e. The number of ether oxygens (including phenoxy) is 2. The summed E-state index contributed by atoms with van der Waals surface area (Å²) in [4.78, 5) is 26.2. The third-order valence-electron chi connectivity index (χ3n) is 5.06. The molecule has 1 aliphatic heterocycles. The first kappa shape index (κ1) is 17.1. The van der Waals surface area contributed by atoms with Crippen LogP contribution in [0.2, 0.25) is 0 Å². The van der Waals surface area contributed by atoms with Crippen molar-refractivity contribution in [3.8, 4) is 5.75 Å². The first-order valence-corrected chi connectivity index (χ1v) is 8.62. The van der Waals surface area contributed by atoms with E-state index >= 15 is 0 Å². The summed E-state index contributed by atoms with van der Waals surface area (Å²) in [6.07, 6.45) is 0. The highest BCUT2D eigenvalue weighted by atomic mass is 16.5. The van der Waals surface area contributed by atoms with Crippen molar-refractivity contribution in [3.05, 3.63) is 69.1 Å². The number of benzene rings is 2. The molecule has 0 radical (unpaired) electrons. The molecule has 0 amide bonds. The van der Waals surface area contributed by atoms with Gasteiger partial charge in [-0.25, -0.2) is 9.59 Å². The van der Waals surface area contributed by atoms with Crippen LogP contribution in [0.3, 0.4) is 0 Å². The molecular weight excluding hydrogens is 346 g/mol. The number of nitrogens with zero attached hydrogens (tertiary/aromatic N) is 1. The van der Waals surface area contributed by atoms with Crippen LogP contribution in [-0.4, -0.2) is 19.8 Å². The third kappa shape index (κ3) is 2.73. The normalized spacial score (nSPS) is 13.2. The molecule has 0 saturated carbocycles. The second-order valence-electron chi connectivity index (χ2n) is 6.54. The standard InChI is InChI=1S/C21H19NO5/c1-12-13(2)20(23)27-19-14(12)8-9-18-16(19)10-22(11-26-18)17-7-5-4-6-15(17)21(24)25-3/h4-9H,10-11H2,1-3H3. The lowest BCUT2D eigenvalue weighted by Gasteiger charge is -2.32. The summed E-state index contributed by atoms with van der Waals surface area (Å²) in [6, 6.07) is 11.0. The van der Waals surface area contributed by atoms with E-state index in [9.17, 15) is 9.59 Å². The minimum atomic E-state index is -0.410. The summed E-state index contributed by atoms with van der Waals surface area (Å²) in [5.41, 5.74) is 3.64. The van der Waals surface area contributed by atoms with Crippen molar-refractivity contribution >= 4 is 22.6 Å². The Morgan fingerprint density at radius 3 is 2.67 bits per heavy atom. The Bertz CT molecular complexity index is 1120. The molecule has 2 heterocycles. The van der Waals surface area contributed by atoms with E-state index in [1.165, 1.54) is 7.11 Å². The van der Waals surface area contributed by atoms with Gasteiger partial charge in [0, 0.05) is 10.9 Å². The van der Waals surface area contributed by atoms with E-state index in [1.807, 2.05) is 36.1 Å². The number of carbonyl (C=O) groups is 1.